The van der Waals surface area contributed by atoms with Crippen molar-refractivity contribution in [2.45, 2.75) is 118 Å². The number of hydrogen-bond acceptors (Lipinski definition) is 5. The summed E-state index contributed by atoms with van der Waals surface area (Å²) in [5.74, 6) is 2.78. The summed E-state index contributed by atoms with van der Waals surface area (Å²) in [5, 5.41) is 0. The number of aromatic nitrogens is 1. The van der Waals surface area contributed by atoms with Crippen LogP contribution in [-0.4, -0.2) is 16.9 Å². The van der Waals surface area contributed by atoms with E-state index in [1.54, 1.807) is 0 Å². The molecule has 8 rings (SSSR count). The zero-order valence-corrected chi connectivity index (χ0v) is 36.0. The molecule has 3 heterocycles. The predicted octanol–water partition coefficient (Wildman–Crippen LogP) is 11.9. The van der Waals surface area contributed by atoms with Gasteiger partial charge in [0.15, 0.2) is 0 Å². The molecule has 2 atom stereocenters. The van der Waals surface area contributed by atoms with E-state index in [0.717, 1.165) is 40.3 Å². The minimum atomic E-state index is -0.272. The maximum absolute atomic E-state index is 6.86. The van der Waals surface area contributed by atoms with Gasteiger partial charge in [-0.1, -0.05) is 116 Å². The van der Waals surface area contributed by atoms with Crippen LogP contribution in [0, 0.1) is 39.8 Å². The SMILES string of the molecule is Cc1ccc2c(c1)C(C)(C)c1cc(C)c(Oc3[c-]c(C4=N[C@@H]5Cc6cc(C)c(C)cc6[C@@H]5O4)cc(C(C)(C)C)c3)[c-]c1N2c1cc(C(C)(C)C)ccn1.[Pt+2]. The van der Waals surface area contributed by atoms with Gasteiger partial charge in [-0.3, -0.25) is 4.99 Å². The Morgan fingerprint density at radius 1 is 0.796 bits per heavy atom. The molecular weight excluding hydrogens is 846 g/mol. The van der Waals surface area contributed by atoms with Crippen molar-refractivity contribution in [3.05, 3.63) is 140 Å². The van der Waals surface area contributed by atoms with Crippen molar-refractivity contribution in [1.29, 1.82) is 0 Å². The summed E-state index contributed by atoms with van der Waals surface area (Å²) in [6, 6.07) is 29.6. The fraction of sp³-hybridized carbons (Fsp3) is 0.375. The van der Waals surface area contributed by atoms with Crippen LogP contribution in [0.1, 0.15) is 123 Å². The van der Waals surface area contributed by atoms with Crippen LogP contribution in [0.25, 0.3) is 0 Å². The molecule has 2 aliphatic heterocycles. The van der Waals surface area contributed by atoms with Gasteiger partial charge in [0.2, 0.25) is 0 Å². The van der Waals surface area contributed by atoms with Crippen molar-refractivity contribution in [3.63, 3.8) is 0 Å². The van der Waals surface area contributed by atoms with Gasteiger partial charge in [0.1, 0.15) is 17.8 Å². The molecule has 0 saturated carbocycles. The monoisotopic (exact) mass is 896 g/mol. The first-order chi connectivity index (χ1) is 24.9. The normalized spacial score (nSPS) is 18.1. The second kappa shape index (κ2) is 13.2. The van der Waals surface area contributed by atoms with E-state index in [1.807, 2.05) is 6.20 Å². The molecule has 5 nitrogen and oxygen atoms in total. The number of hydrogen-bond donors (Lipinski definition) is 0. The number of rotatable bonds is 4. The minimum Gasteiger partial charge on any atom is -0.510 e. The molecule has 6 heteroatoms. The number of ether oxygens (including phenoxy) is 2. The van der Waals surface area contributed by atoms with Crippen LogP contribution in [0.5, 0.6) is 11.5 Å². The van der Waals surface area contributed by atoms with Gasteiger partial charge in [-0.2, -0.15) is 6.07 Å². The Hall–Kier alpha value is -4.21. The maximum Gasteiger partial charge on any atom is 2.00 e. The third-order valence-electron chi connectivity index (χ3n) is 11.5. The Morgan fingerprint density at radius 2 is 1.52 bits per heavy atom. The number of aliphatic imine (C=N–C) groups is 1. The van der Waals surface area contributed by atoms with E-state index in [2.05, 4.69) is 161 Å². The first-order valence-corrected chi connectivity index (χ1v) is 18.9. The largest absolute Gasteiger partial charge is 2.00 e. The van der Waals surface area contributed by atoms with Crippen LogP contribution < -0.4 is 9.64 Å². The third kappa shape index (κ3) is 6.51. The first kappa shape index (κ1) is 38.1. The molecule has 5 aromatic rings. The van der Waals surface area contributed by atoms with Gasteiger partial charge >= 0.3 is 21.1 Å². The second-order valence-corrected chi connectivity index (χ2v) is 18.1. The second-order valence-electron chi connectivity index (χ2n) is 18.1. The topological polar surface area (TPSA) is 47.0 Å². The standard InChI is InChI=1S/C48H51N3O2.Pt/c1-27-13-14-40-37(17-27)48(11,12)38-20-30(4)42(26-41(38)51(40)43-25-33(15-16-49-43)46(5,6)7)52-35-22-32(21-34(24-35)47(8,9)10)45-50-39-23-31-18-28(2)29(3)19-36(31)44(39)53-45;/h13-21,24-25,39,44H,23H2,1-12H3;/q-2;+2/t39-,44+;/m1./s1. The van der Waals surface area contributed by atoms with E-state index in [4.69, 9.17) is 19.5 Å². The molecule has 0 N–H and O–H groups in total. The van der Waals surface area contributed by atoms with Crippen molar-refractivity contribution in [3.8, 4) is 11.5 Å². The van der Waals surface area contributed by atoms with Crippen molar-refractivity contribution < 1.29 is 30.5 Å². The Kier molecular flexibility index (Phi) is 9.33. The molecule has 0 fully saturated rings. The molecule has 3 aliphatic rings. The number of anilines is 3. The van der Waals surface area contributed by atoms with Crippen LogP contribution in [0.4, 0.5) is 17.2 Å². The molecule has 1 aromatic heterocycles. The van der Waals surface area contributed by atoms with Gasteiger partial charge in [0.05, 0.1) is 6.04 Å². The number of aryl methyl sites for hydroxylation is 4. The van der Waals surface area contributed by atoms with E-state index in [-0.39, 0.29) is 49.5 Å². The molecule has 0 bridgehead atoms. The number of nitrogens with zero attached hydrogens (tertiary/aromatic N) is 3. The van der Waals surface area contributed by atoms with Crippen LogP contribution in [0.2, 0.25) is 0 Å². The van der Waals surface area contributed by atoms with Gasteiger partial charge in [0.25, 0.3) is 0 Å². The first-order valence-electron chi connectivity index (χ1n) is 18.9. The summed E-state index contributed by atoms with van der Waals surface area (Å²) in [4.78, 5) is 12.4. The molecule has 4 aromatic carbocycles. The molecule has 0 spiro atoms. The Bertz CT molecular complexity index is 2340. The van der Waals surface area contributed by atoms with Gasteiger partial charge in [-0.05, 0) is 95.0 Å². The van der Waals surface area contributed by atoms with E-state index in [0.29, 0.717) is 17.4 Å². The Morgan fingerprint density at radius 3 is 2.24 bits per heavy atom. The third-order valence-corrected chi connectivity index (χ3v) is 11.5. The van der Waals surface area contributed by atoms with E-state index >= 15 is 0 Å². The van der Waals surface area contributed by atoms with Gasteiger partial charge < -0.3 is 14.4 Å². The van der Waals surface area contributed by atoms with Crippen LogP contribution >= 0.6 is 0 Å². The van der Waals surface area contributed by atoms with Crippen molar-refractivity contribution in [2.75, 3.05) is 4.90 Å². The molecule has 1 aliphatic carbocycles. The quantitative estimate of drug-likeness (QED) is 0.169. The molecule has 0 saturated heterocycles. The number of fused-ring (bicyclic) bond motifs is 5. The Labute approximate surface area is 336 Å². The van der Waals surface area contributed by atoms with Gasteiger partial charge in [-0.25, -0.2) is 4.98 Å². The predicted molar refractivity (Wildman–Crippen MR) is 216 cm³/mol. The molecule has 0 amide bonds. The summed E-state index contributed by atoms with van der Waals surface area (Å²) in [7, 11) is 0. The van der Waals surface area contributed by atoms with Gasteiger partial charge in [-0.15, -0.1) is 28.8 Å². The fourth-order valence-corrected chi connectivity index (χ4v) is 8.06. The summed E-state index contributed by atoms with van der Waals surface area (Å²) < 4.78 is 13.5. The zero-order chi connectivity index (χ0) is 37.8. The Balaban J connectivity index is 0.00000450. The van der Waals surface area contributed by atoms with Crippen molar-refractivity contribution in [2.24, 2.45) is 4.99 Å². The summed E-state index contributed by atoms with van der Waals surface area (Å²) in [5.41, 5.74) is 14.7. The van der Waals surface area contributed by atoms with Crippen LogP contribution in [0.15, 0.2) is 71.9 Å². The smallest absolute Gasteiger partial charge is 0.510 e. The fourth-order valence-electron chi connectivity index (χ4n) is 8.06. The molecule has 280 valence electrons. The number of benzene rings is 4. The van der Waals surface area contributed by atoms with Crippen LogP contribution in [-0.2, 0) is 48.5 Å². The van der Waals surface area contributed by atoms with Crippen molar-refractivity contribution >= 4 is 23.1 Å². The average molecular weight is 897 g/mol. The molecule has 0 unspecified atom stereocenters. The summed E-state index contributed by atoms with van der Waals surface area (Å²) in [6.45, 7) is 26.6. The zero-order valence-electron chi connectivity index (χ0n) is 33.7. The summed E-state index contributed by atoms with van der Waals surface area (Å²) in [6.07, 6.45) is 2.74. The molecular formula is C48H51N3O2Pt. The van der Waals surface area contributed by atoms with Crippen molar-refractivity contribution in [1.82, 2.24) is 4.98 Å². The summed E-state index contributed by atoms with van der Waals surface area (Å²) >= 11 is 0. The van der Waals surface area contributed by atoms with E-state index < -0.39 is 0 Å². The molecule has 54 heavy (non-hydrogen) atoms. The minimum absolute atomic E-state index is 0. The molecule has 0 radical (unpaired) electrons. The van der Waals surface area contributed by atoms with E-state index in [9.17, 15) is 0 Å². The number of pyridine rings is 1. The van der Waals surface area contributed by atoms with Gasteiger partial charge in [0, 0.05) is 23.4 Å². The van der Waals surface area contributed by atoms with Crippen LogP contribution in [0.3, 0.4) is 0 Å². The van der Waals surface area contributed by atoms with E-state index in [1.165, 1.54) is 44.5 Å². The average Bonchev–Trinajstić information content (AvgIpc) is 3.64. The maximum atomic E-state index is 6.86.